The fourth-order valence-corrected chi connectivity index (χ4v) is 2.73. The van der Waals surface area contributed by atoms with E-state index < -0.39 is 23.6 Å². The first-order valence-corrected chi connectivity index (χ1v) is 7.47. The van der Waals surface area contributed by atoms with E-state index in [9.17, 15) is 9.59 Å². The molecule has 1 aromatic rings. The number of ether oxygens (including phenoxy) is 2. The van der Waals surface area contributed by atoms with Gasteiger partial charge in [-0.25, -0.2) is 4.79 Å². The third-order valence-electron chi connectivity index (χ3n) is 3.74. The van der Waals surface area contributed by atoms with Gasteiger partial charge in [0.2, 0.25) is 0 Å². The maximum Gasteiger partial charge on any atom is 0.357 e. The fraction of sp³-hybridized carbons (Fsp3) is 0.471. The van der Waals surface area contributed by atoms with E-state index in [-0.39, 0.29) is 12.3 Å². The number of rotatable bonds is 5. The van der Waals surface area contributed by atoms with Crippen LogP contribution in [0.25, 0.3) is 0 Å². The lowest BCUT2D eigenvalue weighted by atomic mass is 9.83. The standard InChI is InChI=1S/C17H21NO5/c1-11(2)15(22-12(3)19)17(16(20)21-4)10-14(18-23-17)13-8-6-5-7-9-13/h5-9,11,15H,10H2,1-4H3/t15-,17-/m1/s1. The molecule has 0 bridgehead atoms. The zero-order chi connectivity index (χ0) is 17.0. The van der Waals surface area contributed by atoms with Crippen molar-refractivity contribution in [2.45, 2.75) is 38.9 Å². The number of carbonyl (C=O) groups excluding carboxylic acids is 2. The Bertz CT molecular complexity index is 611. The number of hydrogen-bond acceptors (Lipinski definition) is 6. The van der Waals surface area contributed by atoms with Gasteiger partial charge in [-0.1, -0.05) is 49.3 Å². The first-order chi connectivity index (χ1) is 10.9. The normalized spacial score (nSPS) is 21.3. The number of esters is 2. The van der Waals surface area contributed by atoms with Gasteiger partial charge in [-0.15, -0.1) is 0 Å². The highest BCUT2D eigenvalue weighted by Gasteiger charge is 2.57. The van der Waals surface area contributed by atoms with Crippen LogP contribution in [-0.4, -0.2) is 36.5 Å². The van der Waals surface area contributed by atoms with Crippen LogP contribution >= 0.6 is 0 Å². The second-order valence-corrected chi connectivity index (χ2v) is 5.83. The summed E-state index contributed by atoms with van der Waals surface area (Å²) in [5.41, 5.74) is 0.0113. The van der Waals surface area contributed by atoms with Gasteiger partial charge in [-0.3, -0.25) is 4.79 Å². The molecule has 2 atom stereocenters. The molecule has 23 heavy (non-hydrogen) atoms. The molecule has 0 unspecified atom stereocenters. The van der Waals surface area contributed by atoms with Gasteiger partial charge in [0.15, 0.2) is 6.10 Å². The number of benzene rings is 1. The van der Waals surface area contributed by atoms with Crippen LogP contribution in [0.15, 0.2) is 35.5 Å². The van der Waals surface area contributed by atoms with Crippen molar-refractivity contribution in [2.75, 3.05) is 7.11 Å². The highest BCUT2D eigenvalue weighted by molar-refractivity contribution is 6.05. The summed E-state index contributed by atoms with van der Waals surface area (Å²) < 4.78 is 10.3. The van der Waals surface area contributed by atoms with Crippen molar-refractivity contribution in [1.29, 1.82) is 0 Å². The van der Waals surface area contributed by atoms with Crippen LogP contribution in [0.4, 0.5) is 0 Å². The Balaban J connectivity index is 2.36. The van der Waals surface area contributed by atoms with Crippen molar-refractivity contribution in [3.05, 3.63) is 35.9 Å². The van der Waals surface area contributed by atoms with E-state index in [1.807, 2.05) is 44.2 Å². The van der Waals surface area contributed by atoms with E-state index in [0.717, 1.165) is 5.56 Å². The molecule has 1 aliphatic heterocycles. The Morgan fingerprint density at radius 3 is 2.43 bits per heavy atom. The smallest absolute Gasteiger partial charge is 0.357 e. The highest BCUT2D eigenvalue weighted by atomic mass is 16.7. The molecule has 1 heterocycles. The summed E-state index contributed by atoms with van der Waals surface area (Å²) in [6.45, 7) is 5.00. The van der Waals surface area contributed by atoms with Gasteiger partial charge in [0.25, 0.3) is 5.60 Å². The largest absolute Gasteiger partial charge is 0.466 e. The van der Waals surface area contributed by atoms with Crippen molar-refractivity contribution in [3.8, 4) is 0 Å². The SMILES string of the molecule is COC(=O)[C@]1([C@H](OC(C)=O)C(C)C)CC(c2ccccc2)=NO1. The number of oxime groups is 1. The summed E-state index contributed by atoms with van der Waals surface area (Å²) in [4.78, 5) is 29.4. The predicted octanol–water partition coefficient (Wildman–Crippen LogP) is 2.31. The Morgan fingerprint density at radius 2 is 1.91 bits per heavy atom. The fourth-order valence-electron chi connectivity index (χ4n) is 2.73. The topological polar surface area (TPSA) is 74.2 Å². The van der Waals surface area contributed by atoms with E-state index in [2.05, 4.69) is 5.16 Å². The van der Waals surface area contributed by atoms with Gasteiger partial charge in [-0.2, -0.15) is 0 Å². The monoisotopic (exact) mass is 319 g/mol. The molecule has 0 fully saturated rings. The molecule has 0 N–H and O–H groups in total. The lowest BCUT2D eigenvalue weighted by Gasteiger charge is -2.33. The molecular weight excluding hydrogens is 298 g/mol. The summed E-state index contributed by atoms with van der Waals surface area (Å²) in [5.74, 6) is -1.24. The van der Waals surface area contributed by atoms with Gasteiger partial charge in [0.1, 0.15) is 0 Å². The van der Waals surface area contributed by atoms with E-state index in [1.165, 1.54) is 14.0 Å². The van der Waals surface area contributed by atoms with Crippen molar-refractivity contribution >= 4 is 17.7 Å². The van der Waals surface area contributed by atoms with Gasteiger partial charge < -0.3 is 14.3 Å². The summed E-state index contributed by atoms with van der Waals surface area (Å²) in [5, 5.41) is 4.06. The van der Waals surface area contributed by atoms with Crippen molar-refractivity contribution < 1.29 is 23.9 Å². The molecule has 0 aromatic heterocycles. The van der Waals surface area contributed by atoms with E-state index in [0.29, 0.717) is 5.71 Å². The second kappa shape index (κ2) is 6.81. The third kappa shape index (κ3) is 3.36. The number of carbonyl (C=O) groups is 2. The molecule has 1 aromatic carbocycles. The summed E-state index contributed by atoms with van der Waals surface area (Å²) in [6.07, 6.45) is -0.614. The van der Waals surface area contributed by atoms with Crippen LogP contribution in [-0.2, 0) is 23.9 Å². The zero-order valence-electron chi connectivity index (χ0n) is 13.7. The second-order valence-electron chi connectivity index (χ2n) is 5.83. The Kier molecular flexibility index (Phi) is 5.03. The molecule has 0 aliphatic carbocycles. The average Bonchev–Trinajstić information content (AvgIpc) is 2.98. The molecule has 0 saturated carbocycles. The summed E-state index contributed by atoms with van der Waals surface area (Å²) in [6, 6.07) is 9.41. The minimum Gasteiger partial charge on any atom is -0.466 e. The van der Waals surface area contributed by atoms with Crippen LogP contribution in [0.2, 0.25) is 0 Å². The summed E-state index contributed by atoms with van der Waals surface area (Å²) >= 11 is 0. The molecular formula is C17H21NO5. The highest BCUT2D eigenvalue weighted by Crippen LogP contribution is 2.36. The summed E-state index contributed by atoms with van der Waals surface area (Å²) in [7, 11) is 1.28. The van der Waals surface area contributed by atoms with Crippen LogP contribution in [0.3, 0.4) is 0 Å². The Hall–Kier alpha value is -2.37. The maximum atomic E-state index is 12.4. The minimum atomic E-state index is -1.46. The van der Waals surface area contributed by atoms with Crippen LogP contribution in [0.1, 0.15) is 32.8 Å². The minimum absolute atomic E-state index is 0.150. The van der Waals surface area contributed by atoms with Gasteiger partial charge in [-0.05, 0) is 11.5 Å². The molecule has 0 spiro atoms. The number of nitrogens with zero attached hydrogens (tertiary/aromatic N) is 1. The lowest BCUT2D eigenvalue weighted by Crippen LogP contribution is -2.54. The van der Waals surface area contributed by atoms with Gasteiger partial charge >= 0.3 is 11.9 Å². The third-order valence-corrected chi connectivity index (χ3v) is 3.74. The molecule has 6 nitrogen and oxygen atoms in total. The van der Waals surface area contributed by atoms with E-state index in [1.54, 1.807) is 0 Å². The molecule has 2 rings (SSSR count). The number of methoxy groups -OCH3 is 1. The molecule has 0 amide bonds. The molecule has 124 valence electrons. The van der Waals surface area contributed by atoms with Crippen molar-refractivity contribution in [1.82, 2.24) is 0 Å². The van der Waals surface area contributed by atoms with E-state index >= 15 is 0 Å². The Labute approximate surface area is 135 Å². The zero-order valence-corrected chi connectivity index (χ0v) is 13.7. The Morgan fingerprint density at radius 1 is 1.26 bits per heavy atom. The van der Waals surface area contributed by atoms with Gasteiger partial charge in [0, 0.05) is 6.92 Å². The van der Waals surface area contributed by atoms with Gasteiger partial charge in [0.05, 0.1) is 19.2 Å². The van der Waals surface area contributed by atoms with Crippen LogP contribution in [0.5, 0.6) is 0 Å². The van der Waals surface area contributed by atoms with Crippen molar-refractivity contribution in [2.24, 2.45) is 11.1 Å². The first-order valence-electron chi connectivity index (χ1n) is 7.47. The predicted molar refractivity (Wildman–Crippen MR) is 83.8 cm³/mol. The quantitative estimate of drug-likeness (QED) is 0.779. The van der Waals surface area contributed by atoms with Crippen LogP contribution < -0.4 is 0 Å². The van der Waals surface area contributed by atoms with Crippen LogP contribution in [0, 0.1) is 5.92 Å². The molecule has 6 heteroatoms. The first kappa shape index (κ1) is 17.0. The number of hydrogen-bond donors (Lipinski definition) is 0. The molecule has 1 aliphatic rings. The lowest BCUT2D eigenvalue weighted by molar-refractivity contribution is -0.196. The van der Waals surface area contributed by atoms with Crippen molar-refractivity contribution in [3.63, 3.8) is 0 Å². The maximum absolute atomic E-state index is 12.4. The molecule has 0 radical (unpaired) electrons. The average molecular weight is 319 g/mol. The molecule has 0 saturated heterocycles. The van der Waals surface area contributed by atoms with E-state index in [4.69, 9.17) is 14.3 Å².